The Morgan fingerprint density at radius 2 is 1.22 bits per heavy atom. The van der Waals surface area contributed by atoms with Gasteiger partial charge in [-0.1, -0.05) is 77.1 Å². The standard InChI is InChI=1S/C42H57N7O10.2C2H4.ClH/c1-9-27(35(43)54)21-41(4,38(57)46-25-45-36(55)30-17-15-29(16-18-30)34(53)28-13-11-10-12-14-28)24-42(5,23-40(2,3)37(56)47-26-49(6,7)8)39(58)44-22-33(52)59-48-31(50)19-20-32(48)51;2*1-2;/h10-18,27H,9,19-26H2,1-8H3,(H5-,43,44,45,46,47,54,55,56,57,58);2*1-2H2;1H. The number of halogens is 1. The Morgan fingerprint density at radius 3 is 1.72 bits per heavy atom. The zero-order chi connectivity index (χ0) is 48.3. The van der Waals surface area contributed by atoms with Gasteiger partial charge < -0.3 is 48.7 Å². The molecule has 17 nitrogen and oxygen atoms in total. The number of carbonyl (C=O) groups is 9. The van der Waals surface area contributed by atoms with Gasteiger partial charge in [0.2, 0.25) is 23.6 Å². The minimum Gasteiger partial charge on any atom is -1.00 e. The van der Waals surface area contributed by atoms with Crippen LogP contribution in [0.3, 0.4) is 0 Å². The molecule has 352 valence electrons. The first-order valence-corrected chi connectivity index (χ1v) is 20.4. The third kappa shape index (κ3) is 17.2. The number of imide groups is 1. The van der Waals surface area contributed by atoms with Crippen molar-refractivity contribution in [2.75, 3.05) is 41.0 Å². The highest BCUT2D eigenvalue weighted by atomic mass is 35.5. The van der Waals surface area contributed by atoms with Crippen LogP contribution in [-0.4, -0.2) is 104 Å². The molecule has 2 aromatic rings. The molecule has 3 atom stereocenters. The van der Waals surface area contributed by atoms with Gasteiger partial charge in [-0.3, -0.25) is 38.4 Å². The topological polar surface area (TPSA) is 240 Å². The molecule has 1 aliphatic heterocycles. The normalized spacial score (nSPS) is 14.5. The van der Waals surface area contributed by atoms with Crippen LogP contribution >= 0.6 is 0 Å². The number of nitrogens with two attached hydrogens (primary N) is 1. The Labute approximate surface area is 382 Å². The molecule has 0 bridgehead atoms. The van der Waals surface area contributed by atoms with Crippen LogP contribution in [0.25, 0.3) is 0 Å². The molecule has 0 spiro atoms. The third-order valence-electron chi connectivity index (χ3n) is 10.2. The van der Waals surface area contributed by atoms with Crippen molar-refractivity contribution in [3.63, 3.8) is 0 Å². The van der Waals surface area contributed by atoms with Crippen molar-refractivity contribution < 1.29 is 64.9 Å². The first kappa shape index (κ1) is 57.8. The second kappa shape index (κ2) is 25.8. The van der Waals surface area contributed by atoms with Crippen LogP contribution in [0.1, 0.15) is 99.4 Å². The number of hydroxylamine groups is 2. The molecule has 1 fully saturated rings. The predicted molar refractivity (Wildman–Crippen MR) is 237 cm³/mol. The van der Waals surface area contributed by atoms with Gasteiger partial charge in [0, 0.05) is 51.7 Å². The lowest BCUT2D eigenvalue weighted by atomic mass is 9.62. The molecular formula is C46H66ClN7O10. The summed E-state index contributed by atoms with van der Waals surface area (Å²) in [5.41, 5.74) is 2.48. The van der Waals surface area contributed by atoms with Crippen LogP contribution in [0.15, 0.2) is 80.9 Å². The Hall–Kier alpha value is -6.20. The lowest BCUT2D eigenvalue weighted by molar-refractivity contribution is -0.872. The molecule has 1 aliphatic rings. The number of hydrogen-bond acceptors (Lipinski definition) is 10. The third-order valence-corrected chi connectivity index (χ3v) is 10.2. The molecule has 0 aliphatic carbocycles. The van der Waals surface area contributed by atoms with Gasteiger partial charge in [0.05, 0.1) is 27.8 Å². The van der Waals surface area contributed by atoms with Crippen molar-refractivity contribution >= 4 is 53.1 Å². The lowest BCUT2D eigenvalue weighted by Gasteiger charge is -2.42. The number of hydrogen-bond donors (Lipinski definition) is 5. The van der Waals surface area contributed by atoms with E-state index in [9.17, 15) is 43.2 Å². The Balaban J connectivity index is 0.00000771. The number of carbonyl (C=O) groups excluding carboxylic acids is 9. The minimum absolute atomic E-state index is 0. The van der Waals surface area contributed by atoms with Gasteiger partial charge in [0.1, 0.15) is 6.54 Å². The first-order chi connectivity index (χ1) is 29.4. The SMILES string of the molecule is C=C.C=C.CCC(CC(C)(CC(C)(CC(C)(C)C(=O)NC[N+](C)(C)C)C(=O)NCC(=O)ON1C(=O)CCC1=O)C(=O)NCNC(=O)c1ccc(C(=O)c2ccccc2)cc1)C(N)=O.[Cl-]. The summed E-state index contributed by atoms with van der Waals surface area (Å²) in [4.78, 5) is 122. The van der Waals surface area contributed by atoms with E-state index in [2.05, 4.69) is 47.6 Å². The molecule has 3 rings (SSSR count). The average Bonchev–Trinajstić information content (AvgIpc) is 3.56. The summed E-state index contributed by atoms with van der Waals surface area (Å²) < 4.78 is 0.406. The summed E-state index contributed by atoms with van der Waals surface area (Å²) in [6.07, 6.45) is -0.520. The fourth-order valence-corrected chi connectivity index (χ4v) is 7.13. The van der Waals surface area contributed by atoms with E-state index >= 15 is 0 Å². The van der Waals surface area contributed by atoms with Crippen molar-refractivity contribution in [3.8, 4) is 0 Å². The average molecular weight is 913 g/mol. The number of primary amides is 1. The van der Waals surface area contributed by atoms with Gasteiger partial charge in [0.25, 0.3) is 17.7 Å². The van der Waals surface area contributed by atoms with E-state index in [0.29, 0.717) is 20.7 Å². The summed E-state index contributed by atoms with van der Waals surface area (Å²) in [7, 11) is 5.65. The number of nitrogens with one attached hydrogen (secondary N) is 4. The molecule has 0 saturated carbocycles. The number of rotatable bonds is 21. The van der Waals surface area contributed by atoms with Gasteiger partial charge in [-0.05, 0) is 37.8 Å². The van der Waals surface area contributed by atoms with Crippen LogP contribution in [0, 0.1) is 22.2 Å². The molecule has 3 unspecified atom stereocenters. The highest BCUT2D eigenvalue weighted by Crippen LogP contribution is 2.46. The van der Waals surface area contributed by atoms with E-state index in [0.717, 1.165) is 0 Å². The maximum Gasteiger partial charge on any atom is 0.352 e. The molecule has 64 heavy (non-hydrogen) atoms. The van der Waals surface area contributed by atoms with Crippen molar-refractivity contribution in [3.05, 3.63) is 97.6 Å². The Kier molecular flexibility index (Phi) is 23.3. The van der Waals surface area contributed by atoms with E-state index in [-0.39, 0.29) is 81.5 Å². The number of nitrogens with zero attached hydrogens (tertiary/aromatic N) is 2. The highest BCUT2D eigenvalue weighted by molar-refractivity contribution is 6.09. The van der Waals surface area contributed by atoms with Gasteiger partial charge in [0.15, 0.2) is 12.5 Å². The van der Waals surface area contributed by atoms with Crippen molar-refractivity contribution in [2.45, 2.75) is 73.1 Å². The van der Waals surface area contributed by atoms with E-state index in [1.807, 2.05) is 21.1 Å². The maximum atomic E-state index is 14.2. The van der Waals surface area contributed by atoms with Gasteiger partial charge >= 0.3 is 5.97 Å². The van der Waals surface area contributed by atoms with E-state index in [4.69, 9.17) is 10.6 Å². The van der Waals surface area contributed by atoms with Gasteiger partial charge in [-0.2, -0.15) is 0 Å². The van der Waals surface area contributed by atoms with Crippen LogP contribution in [0.4, 0.5) is 0 Å². The maximum absolute atomic E-state index is 14.2. The molecule has 2 aromatic carbocycles. The zero-order valence-corrected chi connectivity index (χ0v) is 39.2. The molecule has 6 N–H and O–H groups in total. The molecule has 7 amide bonds. The number of benzene rings is 2. The van der Waals surface area contributed by atoms with Gasteiger partial charge in [-0.25, -0.2) is 4.79 Å². The summed E-state index contributed by atoms with van der Waals surface area (Å²) in [5.74, 6) is -6.53. The highest BCUT2D eigenvalue weighted by Gasteiger charge is 2.49. The Morgan fingerprint density at radius 1 is 0.719 bits per heavy atom. The quantitative estimate of drug-likeness (QED) is 0.0383. The molecule has 0 radical (unpaired) electrons. The van der Waals surface area contributed by atoms with Crippen LogP contribution in [0.2, 0.25) is 0 Å². The summed E-state index contributed by atoms with van der Waals surface area (Å²) >= 11 is 0. The fourth-order valence-electron chi connectivity index (χ4n) is 7.13. The van der Waals surface area contributed by atoms with Crippen molar-refractivity contribution in [1.29, 1.82) is 0 Å². The molecule has 1 saturated heterocycles. The summed E-state index contributed by atoms with van der Waals surface area (Å²) in [6.45, 7) is 19.2. The summed E-state index contributed by atoms with van der Waals surface area (Å²) in [5, 5.41) is 11.1. The first-order valence-electron chi connectivity index (χ1n) is 20.4. The zero-order valence-electron chi connectivity index (χ0n) is 38.4. The second-order valence-electron chi connectivity index (χ2n) is 17.2. The van der Waals surface area contributed by atoms with Gasteiger partial charge in [-0.15, -0.1) is 31.4 Å². The van der Waals surface area contributed by atoms with Crippen molar-refractivity contribution in [1.82, 2.24) is 26.3 Å². The molecular weight excluding hydrogens is 846 g/mol. The van der Waals surface area contributed by atoms with Crippen LogP contribution < -0.4 is 39.4 Å². The predicted octanol–water partition coefficient (Wildman–Crippen LogP) is 0.553. The number of quaternary nitrogens is 1. The fraction of sp³-hybridized carbons (Fsp3) is 0.457. The molecule has 0 aromatic heterocycles. The van der Waals surface area contributed by atoms with Crippen LogP contribution in [0.5, 0.6) is 0 Å². The second-order valence-corrected chi connectivity index (χ2v) is 17.2. The number of amides is 7. The summed E-state index contributed by atoms with van der Waals surface area (Å²) in [6, 6.07) is 14.7. The van der Waals surface area contributed by atoms with Crippen LogP contribution in [-0.2, 0) is 38.4 Å². The minimum atomic E-state index is -1.60. The largest absolute Gasteiger partial charge is 1.00 e. The van der Waals surface area contributed by atoms with E-state index in [1.54, 1.807) is 58.0 Å². The molecule has 18 heteroatoms. The monoisotopic (exact) mass is 911 g/mol. The number of ketones is 1. The van der Waals surface area contributed by atoms with Crippen molar-refractivity contribution in [2.24, 2.45) is 27.9 Å². The lowest BCUT2D eigenvalue weighted by Crippen LogP contribution is -3.00. The van der Waals surface area contributed by atoms with E-state index < -0.39 is 70.1 Å². The Bertz CT molecular complexity index is 1950. The van der Waals surface area contributed by atoms with E-state index in [1.165, 1.54) is 31.2 Å². The smallest absolute Gasteiger partial charge is 0.352 e. The molecule has 1 heterocycles.